The molecule has 0 aliphatic rings. The number of hydrogen-bond donors (Lipinski definition) is 1. The molecule has 0 unspecified atom stereocenters. The smallest absolute Gasteiger partial charge is 0.245 e. The summed E-state index contributed by atoms with van der Waals surface area (Å²) in [6, 6.07) is 1.64. The highest BCUT2D eigenvalue weighted by atomic mass is 32.2. The highest BCUT2D eigenvalue weighted by Crippen LogP contribution is 2.23. The molecule has 0 aromatic heterocycles. The molecule has 90 valence electrons. The topological polar surface area (TPSA) is 63.4 Å². The molecule has 0 amide bonds. The highest BCUT2D eigenvalue weighted by Gasteiger charge is 2.25. The third-order valence-electron chi connectivity index (χ3n) is 2.15. The zero-order valence-electron chi connectivity index (χ0n) is 8.87. The first kappa shape index (κ1) is 12.9. The maximum Gasteiger partial charge on any atom is 0.245 e. The van der Waals surface area contributed by atoms with Crippen LogP contribution in [-0.2, 0) is 10.0 Å². The van der Waals surface area contributed by atoms with E-state index in [-0.39, 0.29) is 12.2 Å². The summed E-state index contributed by atoms with van der Waals surface area (Å²) >= 11 is 0. The Labute approximate surface area is 92.7 Å². The van der Waals surface area contributed by atoms with Crippen LogP contribution >= 0.6 is 0 Å². The predicted octanol–water partition coefficient (Wildman–Crippen LogP) is 1.19. The van der Waals surface area contributed by atoms with Crippen molar-refractivity contribution in [3.05, 3.63) is 23.8 Å². The van der Waals surface area contributed by atoms with Gasteiger partial charge in [0.1, 0.15) is 4.90 Å². The molecule has 1 aromatic rings. The van der Waals surface area contributed by atoms with Crippen molar-refractivity contribution in [2.24, 2.45) is 0 Å². The van der Waals surface area contributed by atoms with Crippen LogP contribution in [0.25, 0.3) is 0 Å². The number of rotatable bonds is 3. The Kier molecular flexibility index (Phi) is 3.49. The molecule has 7 heteroatoms. The molecule has 2 N–H and O–H groups in total. The fraction of sp³-hybridized carbons (Fsp3) is 0.333. The molecule has 0 fully saturated rings. The molecule has 0 atom stereocenters. The second kappa shape index (κ2) is 4.34. The molecule has 1 aromatic carbocycles. The van der Waals surface area contributed by atoms with Gasteiger partial charge in [-0.1, -0.05) is 6.92 Å². The van der Waals surface area contributed by atoms with Crippen LogP contribution in [-0.4, -0.2) is 26.3 Å². The quantitative estimate of drug-likeness (QED) is 0.819. The fourth-order valence-electron chi connectivity index (χ4n) is 1.11. The molecule has 0 bridgehead atoms. The van der Waals surface area contributed by atoms with E-state index in [4.69, 9.17) is 5.73 Å². The lowest BCUT2D eigenvalue weighted by molar-refractivity contribution is 0.459. The van der Waals surface area contributed by atoms with Crippen LogP contribution < -0.4 is 5.73 Å². The van der Waals surface area contributed by atoms with Gasteiger partial charge in [-0.05, 0) is 12.1 Å². The van der Waals surface area contributed by atoms with E-state index in [2.05, 4.69) is 0 Å². The maximum atomic E-state index is 13.3. The van der Waals surface area contributed by atoms with Crippen LogP contribution in [0.3, 0.4) is 0 Å². The summed E-state index contributed by atoms with van der Waals surface area (Å²) in [5.74, 6) is -2.68. The lowest BCUT2D eigenvalue weighted by Crippen LogP contribution is -2.27. The van der Waals surface area contributed by atoms with Crippen LogP contribution in [0.5, 0.6) is 0 Å². The van der Waals surface area contributed by atoms with E-state index < -0.39 is 26.6 Å². The van der Waals surface area contributed by atoms with Gasteiger partial charge in [0.2, 0.25) is 10.0 Å². The molecule has 0 radical (unpaired) electrons. The first-order valence-electron chi connectivity index (χ1n) is 4.51. The van der Waals surface area contributed by atoms with Crippen LogP contribution in [0.1, 0.15) is 6.92 Å². The zero-order chi connectivity index (χ0) is 12.5. The van der Waals surface area contributed by atoms with Gasteiger partial charge in [-0.3, -0.25) is 0 Å². The lowest BCUT2D eigenvalue weighted by atomic mass is 10.3. The summed E-state index contributed by atoms with van der Waals surface area (Å²) in [6.07, 6.45) is 0. The number of hydrogen-bond acceptors (Lipinski definition) is 3. The summed E-state index contributed by atoms with van der Waals surface area (Å²) in [4.78, 5) is -0.741. The number of nitrogens with zero attached hydrogens (tertiary/aromatic N) is 1. The third-order valence-corrected chi connectivity index (χ3v) is 4.08. The van der Waals surface area contributed by atoms with Gasteiger partial charge in [0.05, 0.1) is 0 Å². The molecular weight excluding hydrogens is 238 g/mol. The fourth-order valence-corrected chi connectivity index (χ4v) is 2.39. The SMILES string of the molecule is CCN(C)S(=O)(=O)c1cc(N)cc(F)c1F. The Hall–Kier alpha value is -1.21. The van der Waals surface area contributed by atoms with Crippen molar-refractivity contribution < 1.29 is 17.2 Å². The monoisotopic (exact) mass is 250 g/mol. The predicted molar refractivity (Wildman–Crippen MR) is 56.3 cm³/mol. The first-order valence-corrected chi connectivity index (χ1v) is 5.95. The average Bonchev–Trinajstić information content (AvgIpc) is 2.21. The maximum absolute atomic E-state index is 13.3. The molecule has 0 aliphatic carbocycles. The molecule has 4 nitrogen and oxygen atoms in total. The standard InChI is InChI=1S/C9H12F2N2O2S/c1-3-13(2)16(14,15)8-5-6(12)4-7(10)9(8)11/h4-5H,3,12H2,1-2H3. The summed E-state index contributed by atoms with van der Waals surface area (Å²) in [7, 11) is -2.75. The number of nitrogen functional groups attached to an aromatic ring is 1. The molecule has 16 heavy (non-hydrogen) atoms. The number of anilines is 1. The van der Waals surface area contributed by atoms with Gasteiger partial charge in [0.15, 0.2) is 11.6 Å². The van der Waals surface area contributed by atoms with E-state index >= 15 is 0 Å². The minimum absolute atomic E-state index is 0.137. The molecular formula is C9H12F2N2O2S. The van der Waals surface area contributed by atoms with Crippen molar-refractivity contribution in [3.63, 3.8) is 0 Å². The normalized spacial score (nSPS) is 12.1. The molecule has 0 spiro atoms. The first-order chi connectivity index (χ1) is 7.30. The number of sulfonamides is 1. The largest absolute Gasteiger partial charge is 0.399 e. The minimum Gasteiger partial charge on any atom is -0.399 e. The average molecular weight is 250 g/mol. The summed E-state index contributed by atoms with van der Waals surface area (Å²) in [5, 5.41) is 0. The highest BCUT2D eigenvalue weighted by molar-refractivity contribution is 7.89. The van der Waals surface area contributed by atoms with Crippen molar-refractivity contribution in [1.82, 2.24) is 4.31 Å². The van der Waals surface area contributed by atoms with E-state index in [1.165, 1.54) is 7.05 Å². The summed E-state index contributed by atoms with van der Waals surface area (Å²) in [6.45, 7) is 1.73. The van der Waals surface area contributed by atoms with Crippen molar-refractivity contribution >= 4 is 15.7 Å². The Balaban J connectivity index is 3.45. The van der Waals surface area contributed by atoms with Crippen molar-refractivity contribution in [2.75, 3.05) is 19.3 Å². The van der Waals surface area contributed by atoms with E-state index in [1.54, 1.807) is 6.92 Å². The van der Waals surface area contributed by atoms with Gasteiger partial charge in [0, 0.05) is 19.3 Å². The van der Waals surface area contributed by atoms with E-state index in [0.29, 0.717) is 0 Å². The minimum atomic E-state index is -4.03. The van der Waals surface area contributed by atoms with Crippen LogP contribution in [0.15, 0.2) is 17.0 Å². The molecule has 1 rings (SSSR count). The van der Waals surface area contributed by atoms with Crippen molar-refractivity contribution in [3.8, 4) is 0 Å². The molecule has 0 saturated heterocycles. The summed E-state index contributed by atoms with van der Waals surface area (Å²) in [5.41, 5.74) is 5.14. The number of nitrogens with two attached hydrogens (primary N) is 1. The van der Waals surface area contributed by atoms with Crippen molar-refractivity contribution in [1.29, 1.82) is 0 Å². The van der Waals surface area contributed by atoms with Gasteiger partial charge in [-0.15, -0.1) is 0 Å². The Morgan fingerprint density at radius 2 is 1.94 bits per heavy atom. The van der Waals surface area contributed by atoms with Crippen molar-refractivity contribution in [2.45, 2.75) is 11.8 Å². The van der Waals surface area contributed by atoms with Crippen LogP contribution in [0.2, 0.25) is 0 Å². The van der Waals surface area contributed by atoms with Crippen LogP contribution in [0.4, 0.5) is 14.5 Å². The Morgan fingerprint density at radius 1 is 1.38 bits per heavy atom. The van der Waals surface area contributed by atoms with Gasteiger partial charge in [-0.2, -0.15) is 0 Å². The van der Waals surface area contributed by atoms with Crippen LogP contribution in [0, 0.1) is 11.6 Å². The van der Waals surface area contributed by atoms with E-state index in [0.717, 1.165) is 16.4 Å². The number of halogens is 2. The summed E-state index contributed by atoms with van der Waals surface area (Å²) < 4.78 is 50.7. The molecule has 0 heterocycles. The van der Waals surface area contributed by atoms with E-state index in [9.17, 15) is 17.2 Å². The second-order valence-electron chi connectivity index (χ2n) is 3.23. The molecule has 0 saturated carbocycles. The van der Waals surface area contributed by atoms with Gasteiger partial charge in [0.25, 0.3) is 0 Å². The Morgan fingerprint density at radius 3 is 2.44 bits per heavy atom. The third kappa shape index (κ3) is 2.14. The van der Waals surface area contributed by atoms with E-state index in [1.807, 2.05) is 0 Å². The number of benzene rings is 1. The Bertz CT molecular complexity index is 502. The van der Waals surface area contributed by atoms with Gasteiger partial charge in [-0.25, -0.2) is 21.5 Å². The molecule has 0 aliphatic heterocycles. The zero-order valence-corrected chi connectivity index (χ0v) is 9.68. The second-order valence-corrected chi connectivity index (χ2v) is 5.25. The van der Waals surface area contributed by atoms with Gasteiger partial charge < -0.3 is 5.73 Å². The lowest BCUT2D eigenvalue weighted by Gasteiger charge is -2.15. The van der Waals surface area contributed by atoms with Gasteiger partial charge >= 0.3 is 0 Å².